The van der Waals surface area contributed by atoms with Gasteiger partial charge >= 0.3 is 0 Å². The molecule has 5 nitrogen and oxygen atoms in total. The van der Waals surface area contributed by atoms with E-state index in [0.717, 1.165) is 48.7 Å². The van der Waals surface area contributed by atoms with Gasteiger partial charge in [-0.1, -0.05) is 42.0 Å². The smallest absolute Gasteiger partial charge is 0.191 e. The number of aromatic nitrogens is 2. The van der Waals surface area contributed by atoms with Crippen molar-refractivity contribution in [2.75, 3.05) is 13.6 Å². The highest BCUT2D eigenvalue weighted by atomic mass is 15.2. The first-order chi connectivity index (χ1) is 12.2. The summed E-state index contributed by atoms with van der Waals surface area (Å²) in [6.07, 6.45) is 1.90. The van der Waals surface area contributed by atoms with Gasteiger partial charge in [0.2, 0.25) is 0 Å². The van der Waals surface area contributed by atoms with Crippen LogP contribution in [0, 0.1) is 6.92 Å². The highest BCUT2D eigenvalue weighted by molar-refractivity contribution is 5.79. The second-order valence-electron chi connectivity index (χ2n) is 6.14. The van der Waals surface area contributed by atoms with Gasteiger partial charge in [-0.05, 0) is 31.0 Å². The minimum Gasteiger partial charge on any atom is -0.356 e. The van der Waals surface area contributed by atoms with Crippen molar-refractivity contribution in [2.24, 2.45) is 4.99 Å². The molecule has 0 aliphatic heterocycles. The number of benzene rings is 2. The summed E-state index contributed by atoms with van der Waals surface area (Å²) in [5.41, 5.74) is 4.65. The Balaban J connectivity index is 1.41. The summed E-state index contributed by atoms with van der Waals surface area (Å²) in [4.78, 5) is 12.2. The molecule has 0 aliphatic rings. The summed E-state index contributed by atoms with van der Waals surface area (Å²) in [6, 6.07) is 16.6. The average molecular weight is 335 g/mol. The monoisotopic (exact) mass is 335 g/mol. The summed E-state index contributed by atoms with van der Waals surface area (Å²) in [5, 5.41) is 6.69. The molecule has 3 rings (SSSR count). The first-order valence-electron chi connectivity index (χ1n) is 8.68. The van der Waals surface area contributed by atoms with Gasteiger partial charge in [0.1, 0.15) is 5.82 Å². The first kappa shape index (κ1) is 17.0. The van der Waals surface area contributed by atoms with E-state index < -0.39 is 0 Å². The molecular formula is C20H25N5. The quantitative estimate of drug-likeness (QED) is 0.368. The SMILES string of the molecule is CN=C(NCCCc1nc2ccccc2[nH]1)NCc1ccc(C)cc1. The van der Waals surface area contributed by atoms with Crippen LogP contribution in [-0.4, -0.2) is 29.5 Å². The Hall–Kier alpha value is -2.82. The van der Waals surface area contributed by atoms with E-state index in [1.165, 1.54) is 11.1 Å². The number of nitrogens with one attached hydrogen (secondary N) is 3. The number of aryl methyl sites for hydroxylation is 2. The zero-order valence-corrected chi connectivity index (χ0v) is 14.8. The van der Waals surface area contributed by atoms with Crippen molar-refractivity contribution in [3.63, 3.8) is 0 Å². The van der Waals surface area contributed by atoms with E-state index in [-0.39, 0.29) is 0 Å². The summed E-state index contributed by atoms with van der Waals surface area (Å²) in [7, 11) is 1.80. The van der Waals surface area contributed by atoms with Crippen molar-refractivity contribution in [3.05, 3.63) is 65.5 Å². The van der Waals surface area contributed by atoms with Crippen LogP contribution in [0.5, 0.6) is 0 Å². The number of guanidine groups is 1. The lowest BCUT2D eigenvalue weighted by molar-refractivity contribution is 0.726. The molecule has 25 heavy (non-hydrogen) atoms. The van der Waals surface area contributed by atoms with Crippen LogP contribution in [-0.2, 0) is 13.0 Å². The number of aliphatic imine (C=N–C) groups is 1. The van der Waals surface area contributed by atoms with Gasteiger partial charge in [0.05, 0.1) is 11.0 Å². The molecule has 0 aliphatic carbocycles. The van der Waals surface area contributed by atoms with Gasteiger partial charge in [0.15, 0.2) is 5.96 Å². The van der Waals surface area contributed by atoms with Crippen LogP contribution in [0.2, 0.25) is 0 Å². The fraction of sp³-hybridized carbons (Fsp3) is 0.300. The van der Waals surface area contributed by atoms with Gasteiger partial charge in [-0.2, -0.15) is 0 Å². The number of imidazole rings is 1. The van der Waals surface area contributed by atoms with Gasteiger partial charge in [-0.25, -0.2) is 4.98 Å². The topological polar surface area (TPSA) is 65.1 Å². The van der Waals surface area contributed by atoms with E-state index in [9.17, 15) is 0 Å². The number of fused-ring (bicyclic) bond motifs is 1. The minimum absolute atomic E-state index is 0.767. The molecule has 0 unspecified atom stereocenters. The van der Waals surface area contributed by atoms with E-state index in [1.54, 1.807) is 7.05 Å². The molecule has 1 aromatic heterocycles. The molecule has 2 aromatic carbocycles. The van der Waals surface area contributed by atoms with E-state index in [1.807, 2.05) is 18.2 Å². The number of aromatic amines is 1. The third-order valence-corrected chi connectivity index (χ3v) is 4.13. The maximum atomic E-state index is 4.60. The van der Waals surface area contributed by atoms with E-state index in [4.69, 9.17) is 0 Å². The molecule has 0 saturated heterocycles. The molecule has 0 atom stereocenters. The van der Waals surface area contributed by atoms with Gasteiger partial charge in [0, 0.05) is 26.6 Å². The van der Waals surface area contributed by atoms with E-state index in [2.05, 4.69) is 62.8 Å². The molecular weight excluding hydrogens is 310 g/mol. The van der Waals surface area contributed by atoms with Crippen molar-refractivity contribution < 1.29 is 0 Å². The molecule has 0 radical (unpaired) electrons. The molecule has 0 bridgehead atoms. The average Bonchev–Trinajstić information content (AvgIpc) is 3.05. The van der Waals surface area contributed by atoms with E-state index in [0.29, 0.717) is 0 Å². The van der Waals surface area contributed by atoms with Crippen molar-refractivity contribution in [1.82, 2.24) is 20.6 Å². The normalized spacial score (nSPS) is 11.7. The van der Waals surface area contributed by atoms with Crippen molar-refractivity contribution in [2.45, 2.75) is 26.3 Å². The van der Waals surface area contributed by atoms with Crippen LogP contribution in [0.1, 0.15) is 23.4 Å². The first-order valence-corrected chi connectivity index (χ1v) is 8.68. The summed E-state index contributed by atoms with van der Waals surface area (Å²) in [5.74, 6) is 1.86. The molecule has 0 fully saturated rings. The Kier molecular flexibility index (Phi) is 5.67. The second kappa shape index (κ2) is 8.33. The Bertz CT molecular complexity index is 800. The largest absolute Gasteiger partial charge is 0.356 e. The zero-order valence-electron chi connectivity index (χ0n) is 14.8. The summed E-state index contributed by atoms with van der Waals surface area (Å²) >= 11 is 0. The van der Waals surface area contributed by atoms with Crippen LogP contribution >= 0.6 is 0 Å². The van der Waals surface area contributed by atoms with Crippen LogP contribution < -0.4 is 10.6 Å². The molecule has 0 amide bonds. The van der Waals surface area contributed by atoms with E-state index >= 15 is 0 Å². The number of nitrogens with zero attached hydrogens (tertiary/aromatic N) is 2. The Morgan fingerprint density at radius 3 is 2.64 bits per heavy atom. The lowest BCUT2D eigenvalue weighted by Gasteiger charge is -2.11. The lowest BCUT2D eigenvalue weighted by atomic mass is 10.1. The van der Waals surface area contributed by atoms with Crippen LogP contribution in [0.4, 0.5) is 0 Å². The molecule has 1 heterocycles. The molecule has 3 aromatic rings. The molecule has 0 spiro atoms. The predicted molar refractivity (Wildman–Crippen MR) is 104 cm³/mol. The van der Waals surface area contributed by atoms with Crippen LogP contribution in [0.3, 0.4) is 0 Å². The maximum absolute atomic E-state index is 4.60. The summed E-state index contributed by atoms with van der Waals surface area (Å²) < 4.78 is 0. The number of hydrogen-bond acceptors (Lipinski definition) is 2. The van der Waals surface area contributed by atoms with Gasteiger partial charge in [-0.3, -0.25) is 4.99 Å². The zero-order chi connectivity index (χ0) is 17.5. The fourth-order valence-corrected chi connectivity index (χ4v) is 2.70. The second-order valence-corrected chi connectivity index (χ2v) is 6.14. The third-order valence-electron chi connectivity index (χ3n) is 4.13. The van der Waals surface area contributed by atoms with Crippen molar-refractivity contribution in [3.8, 4) is 0 Å². The minimum atomic E-state index is 0.767. The maximum Gasteiger partial charge on any atom is 0.191 e. The van der Waals surface area contributed by atoms with Gasteiger partial charge in [0.25, 0.3) is 0 Å². The fourth-order valence-electron chi connectivity index (χ4n) is 2.70. The molecule has 5 heteroatoms. The third kappa shape index (κ3) is 4.83. The van der Waals surface area contributed by atoms with Crippen LogP contribution in [0.15, 0.2) is 53.5 Å². The van der Waals surface area contributed by atoms with Crippen LogP contribution in [0.25, 0.3) is 11.0 Å². The van der Waals surface area contributed by atoms with Crippen molar-refractivity contribution in [1.29, 1.82) is 0 Å². The Morgan fingerprint density at radius 1 is 1.08 bits per heavy atom. The standard InChI is InChI=1S/C20H25N5/c1-15-9-11-16(12-10-15)14-23-20(21-2)22-13-5-8-19-24-17-6-3-4-7-18(17)25-19/h3-4,6-7,9-12H,5,8,13-14H2,1-2H3,(H,24,25)(H2,21,22,23). The Labute approximate surface area is 148 Å². The highest BCUT2D eigenvalue weighted by Gasteiger charge is 2.02. The number of hydrogen-bond donors (Lipinski definition) is 3. The number of para-hydroxylation sites is 2. The molecule has 3 N–H and O–H groups in total. The molecule has 0 saturated carbocycles. The number of rotatable bonds is 6. The predicted octanol–water partition coefficient (Wildman–Crippen LogP) is 3.17. The van der Waals surface area contributed by atoms with Gasteiger partial charge in [-0.15, -0.1) is 0 Å². The van der Waals surface area contributed by atoms with Crippen molar-refractivity contribution >= 4 is 17.0 Å². The number of H-pyrrole nitrogens is 1. The molecule has 130 valence electrons. The lowest BCUT2D eigenvalue weighted by Crippen LogP contribution is -2.37. The van der Waals surface area contributed by atoms with Gasteiger partial charge < -0.3 is 15.6 Å². The highest BCUT2D eigenvalue weighted by Crippen LogP contribution is 2.11. The summed E-state index contributed by atoms with van der Waals surface area (Å²) in [6.45, 7) is 3.72. The Morgan fingerprint density at radius 2 is 1.88 bits per heavy atom.